The molecular weight excluding hydrogens is 238 g/mol. The van der Waals surface area contributed by atoms with Gasteiger partial charge in [-0.1, -0.05) is 6.92 Å². The maximum Gasteiger partial charge on any atom is 0.0339 e. The van der Waals surface area contributed by atoms with Gasteiger partial charge in [0.2, 0.25) is 0 Å². The molecule has 0 saturated heterocycles. The van der Waals surface area contributed by atoms with Crippen molar-refractivity contribution in [2.75, 3.05) is 6.54 Å². The molecule has 1 aromatic heterocycles. The molecule has 1 aliphatic carbocycles. The molecule has 1 aromatic rings. The Hall–Kier alpha value is -0.0500. The van der Waals surface area contributed by atoms with E-state index in [-0.39, 0.29) is 0 Å². The lowest BCUT2D eigenvalue weighted by molar-refractivity contribution is 0.491. The van der Waals surface area contributed by atoms with Crippen molar-refractivity contribution in [3.63, 3.8) is 0 Å². The molecule has 2 unspecified atom stereocenters. The second-order valence-electron chi connectivity index (χ2n) is 4.63. The number of thiophene rings is 1. The van der Waals surface area contributed by atoms with E-state index in [4.69, 9.17) is 11.6 Å². The quantitative estimate of drug-likeness (QED) is 0.791. The molecule has 1 heterocycles. The first-order valence-electron chi connectivity index (χ1n) is 6.20. The van der Waals surface area contributed by atoms with Crippen molar-refractivity contribution in [2.24, 2.45) is 5.92 Å². The number of rotatable bonds is 5. The van der Waals surface area contributed by atoms with Crippen molar-refractivity contribution in [3.05, 3.63) is 21.9 Å². The molecule has 1 fully saturated rings. The molecule has 0 amide bonds. The van der Waals surface area contributed by atoms with Crippen LogP contribution < -0.4 is 5.32 Å². The van der Waals surface area contributed by atoms with Gasteiger partial charge in [0.1, 0.15) is 0 Å². The van der Waals surface area contributed by atoms with Gasteiger partial charge in [0.15, 0.2) is 0 Å². The van der Waals surface area contributed by atoms with Gasteiger partial charge in [0, 0.05) is 21.7 Å². The van der Waals surface area contributed by atoms with Gasteiger partial charge in [0.05, 0.1) is 0 Å². The summed E-state index contributed by atoms with van der Waals surface area (Å²) in [7, 11) is 0. The Kier molecular flexibility index (Phi) is 4.68. The first kappa shape index (κ1) is 12.4. The summed E-state index contributed by atoms with van der Waals surface area (Å²) in [5.74, 6) is 0.799. The molecule has 0 aliphatic heterocycles. The molecule has 0 spiro atoms. The van der Waals surface area contributed by atoms with Crippen molar-refractivity contribution >= 4 is 22.9 Å². The third-order valence-corrected chi connectivity index (χ3v) is 4.90. The monoisotopic (exact) mass is 257 g/mol. The van der Waals surface area contributed by atoms with Crippen molar-refractivity contribution in [1.82, 2.24) is 5.32 Å². The molecule has 90 valence electrons. The van der Waals surface area contributed by atoms with E-state index in [1.807, 2.05) is 11.3 Å². The maximum atomic E-state index is 6.10. The van der Waals surface area contributed by atoms with E-state index in [0.717, 1.165) is 25.4 Å². The Morgan fingerprint density at radius 3 is 2.81 bits per heavy atom. The van der Waals surface area contributed by atoms with Crippen LogP contribution in [0.25, 0.3) is 0 Å². The smallest absolute Gasteiger partial charge is 0.0339 e. The minimum atomic E-state index is 0.431. The fourth-order valence-corrected chi connectivity index (χ4v) is 3.61. The summed E-state index contributed by atoms with van der Waals surface area (Å²) in [6, 6.07) is 4.49. The lowest BCUT2D eigenvalue weighted by atomic mass is 10.1. The van der Waals surface area contributed by atoms with Crippen LogP contribution in [0.5, 0.6) is 0 Å². The summed E-state index contributed by atoms with van der Waals surface area (Å²) < 4.78 is 0. The Morgan fingerprint density at radius 2 is 2.19 bits per heavy atom. The molecule has 1 aliphatic rings. The molecule has 1 saturated carbocycles. The normalized spacial score (nSPS) is 25.1. The van der Waals surface area contributed by atoms with Gasteiger partial charge < -0.3 is 5.32 Å². The van der Waals surface area contributed by atoms with Gasteiger partial charge in [-0.2, -0.15) is 0 Å². The van der Waals surface area contributed by atoms with E-state index in [1.54, 1.807) is 0 Å². The van der Waals surface area contributed by atoms with Crippen LogP contribution in [-0.2, 0) is 13.0 Å². The lowest BCUT2D eigenvalue weighted by Crippen LogP contribution is -2.20. The first-order chi connectivity index (χ1) is 7.78. The summed E-state index contributed by atoms with van der Waals surface area (Å²) in [5, 5.41) is 3.98. The molecule has 16 heavy (non-hydrogen) atoms. The van der Waals surface area contributed by atoms with Gasteiger partial charge in [-0.25, -0.2) is 0 Å². The van der Waals surface area contributed by atoms with E-state index in [2.05, 4.69) is 24.4 Å². The Labute approximate surface area is 107 Å². The summed E-state index contributed by atoms with van der Waals surface area (Å²) in [6.07, 6.45) is 4.85. The predicted molar refractivity (Wildman–Crippen MR) is 72.4 cm³/mol. The molecule has 0 bridgehead atoms. The Bertz CT molecular complexity index is 323. The van der Waals surface area contributed by atoms with Crippen LogP contribution in [0, 0.1) is 5.92 Å². The highest BCUT2D eigenvalue weighted by molar-refractivity contribution is 7.11. The van der Waals surface area contributed by atoms with E-state index >= 15 is 0 Å². The van der Waals surface area contributed by atoms with Gasteiger partial charge >= 0.3 is 0 Å². The molecule has 0 radical (unpaired) electrons. The van der Waals surface area contributed by atoms with E-state index in [9.17, 15) is 0 Å². The average molecular weight is 258 g/mol. The first-order valence-corrected chi connectivity index (χ1v) is 7.45. The topological polar surface area (TPSA) is 12.0 Å². The van der Waals surface area contributed by atoms with Crippen molar-refractivity contribution < 1.29 is 0 Å². The van der Waals surface area contributed by atoms with E-state index in [1.165, 1.54) is 29.0 Å². The minimum absolute atomic E-state index is 0.431. The highest BCUT2D eigenvalue weighted by atomic mass is 35.5. The molecule has 3 heteroatoms. The highest BCUT2D eigenvalue weighted by Crippen LogP contribution is 2.28. The third-order valence-electron chi connectivity index (χ3n) is 3.28. The standard InChI is InChI=1S/C13H20ClNS/c1-2-12-5-6-13(16-12)9-15-8-10-3-4-11(14)7-10/h5-6,10-11,15H,2-4,7-9H2,1H3. The van der Waals surface area contributed by atoms with Crippen LogP contribution in [0.4, 0.5) is 0 Å². The van der Waals surface area contributed by atoms with Crippen LogP contribution in [0.1, 0.15) is 35.9 Å². The van der Waals surface area contributed by atoms with Crippen molar-refractivity contribution in [3.8, 4) is 0 Å². The summed E-state index contributed by atoms with van der Waals surface area (Å²) in [6.45, 7) is 4.36. The van der Waals surface area contributed by atoms with Crippen LogP contribution in [0.2, 0.25) is 0 Å². The third kappa shape index (κ3) is 3.47. The number of nitrogens with one attached hydrogen (secondary N) is 1. The Balaban J connectivity index is 1.67. The zero-order valence-electron chi connectivity index (χ0n) is 9.84. The maximum absolute atomic E-state index is 6.10. The van der Waals surface area contributed by atoms with Crippen LogP contribution in [-0.4, -0.2) is 11.9 Å². The molecule has 1 N–H and O–H groups in total. The average Bonchev–Trinajstić information content (AvgIpc) is 2.88. The van der Waals surface area contributed by atoms with Gasteiger partial charge in [-0.3, -0.25) is 0 Å². The van der Waals surface area contributed by atoms with Crippen LogP contribution in [0.3, 0.4) is 0 Å². The van der Waals surface area contributed by atoms with Crippen molar-refractivity contribution in [1.29, 1.82) is 0 Å². The zero-order valence-corrected chi connectivity index (χ0v) is 11.4. The number of hydrogen-bond acceptors (Lipinski definition) is 2. The van der Waals surface area contributed by atoms with E-state index in [0.29, 0.717) is 5.38 Å². The van der Waals surface area contributed by atoms with Gasteiger partial charge in [-0.05, 0) is 50.3 Å². The zero-order chi connectivity index (χ0) is 11.4. The number of aryl methyl sites for hydroxylation is 1. The Morgan fingerprint density at radius 1 is 1.38 bits per heavy atom. The fourth-order valence-electron chi connectivity index (χ4n) is 2.31. The fraction of sp³-hybridized carbons (Fsp3) is 0.692. The molecule has 2 rings (SSSR count). The van der Waals surface area contributed by atoms with Gasteiger partial charge in [-0.15, -0.1) is 22.9 Å². The van der Waals surface area contributed by atoms with E-state index < -0.39 is 0 Å². The number of hydrogen-bond donors (Lipinski definition) is 1. The minimum Gasteiger partial charge on any atom is -0.312 e. The summed E-state index contributed by atoms with van der Waals surface area (Å²) in [5.41, 5.74) is 0. The number of halogens is 1. The van der Waals surface area contributed by atoms with Crippen molar-refractivity contribution in [2.45, 2.75) is 44.5 Å². The largest absolute Gasteiger partial charge is 0.312 e. The molecule has 1 nitrogen and oxygen atoms in total. The number of alkyl halides is 1. The molecule has 2 atom stereocenters. The molecule has 0 aromatic carbocycles. The lowest BCUT2D eigenvalue weighted by Gasteiger charge is -2.09. The SMILES string of the molecule is CCc1ccc(CNCC2CCC(Cl)C2)s1. The molecular formula is C13H20ClNS. The summed E-state index contributed by atoms with van der Waals surface area (Å²) in [4.78, 5) is 2.94. The second kappa shape index (κ2) is 6.04. The highest BCUT2D eigenvalue weighted by Gasteiger charge is 2.22. The second-order valence-corrected chi connectivity index (χ2v) is 6.50. The predicted octanol–water partition coefficient (Wildman–Crippen LogP) is 3.81. The van der Waals surface area contributed by atoms with Gasteiger partial charge in [0.25, 0.3) is 0 Å². The van der Waals surface area contributed by atoms with Crippen LogP contribution >= 0.6 is 22.9 Å². The van der Waals surface area contributed by atoms with Crippen LogP contribution in [0.15, 0.2) is 12.1 Å². The summed E-state index contributed by atoms with van der Waals surface area (Å²) >= 11 is 8.03.